The van der Waals surface area contributed by atoms with Crippen LogP contribution in [-0.2, 0) is 9.22 Å². The molecule has 1 atom stereocenters. The number of hydrogen-bond acceptors (Lipinski definition) is 3. The maximum atomic E-state index is 12.7. The van der Waals surface area contributed by atoms with E-state index in [0.717, 1.165) is 17.7 Å². The van der Waals surface area contributed by atoms with Gasteiger partial charge in [0.05, 0.1) is 13.2 Å². The third-order valence-electron chi connectivity index (χ3n) is 6.65. The molecule has 0 amide bonds. The fourth-order valence-corrected chi connectivity index (χ4v) is 4.72. The normalized spacial score (nSPS) is 13.5. The topological polar surface area (TPSA) is 35.5 Å². The van der Waals surface area contributed by atoms with E-state index >= 15 is 0 Å². The van der Waals surface area contributed by atoms with Crippen molar-refractivity contribution in [3.8, 4) is 5.75 Å². The maximum Gasteiger partial charge on any atom is 0.192 e. The lowest BCUT2D eigenvalue weighted by molar-refractivity contribution is -0.116. The summed E-state index contributed by atoms with van der Waals surface area (Å²) in [5.74, 6) is 0.959. The second kappa shape index (κ2) is 14.7. The average Bonchev–Trinajstić information content (AvgIpc) is 2.73. The molecule has 0 spiro atoms. The summed E-state index contributed by atoms with van der Waals surface area (Å²) < 4.78 is 12.0. The number of hydrogen-bond donors (Lipinski definition) is 0. The van der Waals surface area contributed by atoms with Crippen LogP contribution in [0.1, 0.15) is 104 Å². The van der Waals surface area contributed by atoms with E-state index in [1.54, 1.807) is 13.2 Å². The van der Waals surface area contributed by atoms with Crippen molar-refractivity contribution < 1.29 is 14.0 Å². The van der Waals surface area contributed by atoms with Gasteiger partial charge >= 0.3 is 0 Å². The first-order valence-corrected chi connectivity index (χ1v) is 15.5. The number of benzene rings is 1. The molecule has 0 saturated carbocycles. The fourth-order valence-electron chi connectivity index (χ4n) is 3.44. The highest BCUT2D eigenvalue weighted by molar-refractivity contribution is 6.74. The largest absolute Gasteiger partial charge is 0.497 e. The van der Waals surface area contributed by atoms with Gasteiger partial charge in [-0.25, -0.2) is 0 Å². The lowest BCUT2D eigenvalue weighted by Crippen LogP contribution is -2.42. The quantitative estimate of drug-likeness (QED) is 0.140. The Kier molecular flexibility index (Phi) is 13.2. The van der Waals surface area contributed by atoms with E-state index in [2.05, 4.69) is 46.9 Å². The van der Waals surface area contributed by atoms with E-state index in [0.29, 0.717) is 6.42 Å². The number of unbranched alkanes of at least 4 members (excludes halogenated alkanes) is 8. The predicted molar refractivity (Wildman–Crippen MR) is 140 cm³/mol. The summed E-state index contributed by atoms with van der Waals surface area (Å²) in [5, 5.41) is 0.0904. The molecule has 3 nitrogen and oxygen atoms in total. The minimum atomic E-state index is -2.01. The summed E-state index contributed by atoms with van der Waals surface area (Å²) in [4.78, 5) is 12.7. The van der Waals surface area contributed by atoms with Crippen molar-refractivity contribution in [3.05, 3.63) is 42.0 Å². The average molecular weight is 461 g/mol. The molecule has 0 saturated heterocycles. The van der Waals surface area contributed by atoms with Gasteiger partial charge in [0, 0.05) is 6.42 Å². The summed E-state index contributed by atoms with van der Waals surface area (Å²) in [5.41, 5.74) is 1.04. The van der Waals surface area contributed by atoms with Gasteiger partial charge in [0.2, 0.25) is 0 Å². The molecule has 0 fully saturated rings. The number of methoxy groups -OCH3 is 1. The zero-order valence-electron chi connectivity index (χ0n) is 21.8. The maximum absolute atomic E-state index is 12.7. The van der Waals surface area contributed by atoms with Crippen LogP contribution in [0.25, 0.3) is 0 Å². The van der Waals surface area contributed by atoms with Crippen LogP contribution in [0.5, 0.6) is 5.75 Å². The van der Waals surface area contributed by atoms with Crippen LogP contribution >= 0.6 is 0 Å². The molecule has 0 aliphatic carbocycles. The minimum Gasteiger partial charge on any atom is -0.497 e. The number of ether oxygens (including phenoxy) is 1. The zero-order chi connectivity index (χ0) is 24.0. The number of rotatable bonds is 16. The number of carbonyl (C=O) groups excluding carboxylic acids is 1. The van der Waals surface area contributed by atoms with Gasteiger partial charge in [-0.1, -0.05) is 90.8 Å². The Labute approximate surface area is 199 Å². The van der Waals surface area contributed by atoms with Gasteiger partial charge in [-0.15, -0.1) is 0 Å². The van der Waals surface area contributed by atoms with Gasteiger partial charge in [-0.2, -0.15) is 0 Å². The molecule has 4 heteroatoms. The number of carbonyl (C=O) groups is 1. The molecule has 1 unspecified atom stereocenters. The van der Waals surface area contributed by atoms with Gasteiger partial charge in [-0.3, -0.25) is 4.79 Å². The van der Waals surface area contributed by atoms with Gasteiger partial charge < -0.3 is 9.16 Å². The summed E-state index contributed by atoms with van der Waals surface area (Å²) in [6.45, 7) is 13.4. The molecule has 1 rings (SSSR count). The van der Waals surface area contributed by atoms with E-state index in [-0.39, 0.29) is 16.9 Å². The molecule has 32 heavy (non-hydrogen) atoms. The molecular weight excluding hydrogens is 412 g/mol. The molecule has 0 aliphatic heterocycles. The van der Waals surface area contributed by atoms with Crippen molar-refractivity contribution in [2.24, 2.45) is 0 Å². The highest BCUT2D eigenvalue weighted by Gasteiger charge is 2.39. The van der Waals surface area contributed by atoms with E-state index in [9.17, 15) is 4.79 Å². The molecular formula is C28H48O3Si. The Morgan fingerprint density at radius 3 is 2.06 bits per heavy atom. The molecule has 0 heterocycles. The molecule has 0 aliphatic rings. The van der Waals surface area contributed by atoms with Crippen molar-refractivity contribution in [2.75, 3.05) is 7.11 Å². The predicted octanol–water partition coefficient (Wildman–Crippen LogP) is 8.80. The first-order valence-electron chi connectivity index (χ1n) is 12.6. The summed E-state index contributed by atoms with van der Waals surface area (Å²) >= 11 is 0. The van der Waals surface area contributed by atoms with Gasteiger partial charge in [0.1, 0.15) is 5.75 Å². The highest BCUT2D eigenvalue weighted by atomic mass is 28.4. The van der Waals surface area contributed by atoms with Gasteiger partial charge in [0.25, 0.3) is 0 Å². The van der Waals surface area contributed by atoms with Crippen LogP contribution in [0, 0.1) is 0 Å². The lowest BCUT2D eigenvalue weighted by Gasteiger charge is -2.39. The number of allylic oxidation sites excluding steroid dienone is 2. The number of ketones is 1. The van der Waals surface area contributed by atoms with Crippen molar-refractivity contribution in [3.63, 3.8) is 0 Å². The zero-order valence-corrected chi connectivity index (χ0v) is 22.8. The smallest absolute Gasteiger partial charge is 0.192 e. The second-order valence-corrected chi connectivity index (χ2v) is 15.2. The Hall–Kier alpha value is -1.39. The van der Waals surface area contributed by atoms with Crippen LogP contribution in [0.3, 0.4) is 0 Å². The van der Waals surface area contributed by atoms with E-state index in [4.69, 9.17) is 9.16 Å². The highest BCUT2D eigenvalue weighted by Crippen LogP contribution is 2.40. The first-order chi connectivity index (χ1) is 15.1. The molecule has 0 bridgehead atoms. The summed E-state index contributed by atoms with van der Waals surface area (Å²) in [7, 11) is -0.347. The molecule has 182 valence electrons. The minimum absolute atomic E-state index is 0.0904. The van der Waals surface area contributed by atoms with Crippen LogP contribution < -0.4 is 4.74 Å². The van der Waals surface area contributed by atoms with E-state index < -0.39 is 8.32 Å². The van der Waals surface area contributed by atoms with E-state index in [1.165, 1.54) is 51.4 Å². The second-order valence-electron chi connectivity index (χ2n) is 10.5. The van der Waals surface area contributed by atoms with Crippen LogP contribution in [-0.4, -0.2) is 21.2 Å². The van der Waals surface area contributed by atoms with E-state index in [1.807, 2.05) is 24.3 Å². The molecule has 0 N–H and O–H groups in total. The van der Waals surface area contributed by atoms with Crippen molar-refractivity contribution in [1.29, 1.82) is 0 Å². The molecule has 0 aromatic heterocycles. The van der Waals surface area contributed by atoms with Gasteiger partial charge in [-0.05, 0) is 54.7 Å². The summed E-state index contributed by atoms with van der Waals surface area (Å²) in [6, 6.07) is 7.93. The standard InChI is InChI=1S/C28H48O3Si/c1-8-9-10-11-12-13-14-15-16-17-18-25(29)23-27(31-32(6,7)28(2,3)4)24-19-21-26(30-5)22-20-24/h17-22,27H,8-16,23H2,1-7H3/b18-17+. The fraction of sp³-hybridized carbons (Fsp3) is 0.679. The van der Waals surface area contributed by atoms with Gasteiger partial charge in [0.15, 0.2) is 14.1 Å². The third kappa shape index (κ3) is 11.0. The van der Waals surface area contributed by atoms with Crippen molar-refractivity contribution in [1.82, 2.24) is 0 Å². The lowest BCUT2D eigenvalue weighted by atomic mass is 10.0. The Bertz CT molecular complexity index is 671. The summed E-state index contributed by atoms with van der Waals surface area (Å²) in [6.07, 6.45) is 15.5. The molecule has 0 radical (unpaired) electrons. The Balaban J connectivity index is 2.60. The van der Waals surface area contributed by atoms with Crippen LogP contribution in [0.2, 0.25) is 18.1 Å². The SMILES string of the molecule is CCCCCCCCCC/C=C/C(=O)CC(O[Si](C)(C)C(C)(C)C)c1ccc(OC)cc1. The Morgan fingerprint density at radius 1 is 0.969 bits per heavy atom. The van der Waals surface area contributed by atoms with Crippen molar-refractivity contribution >= 4 is 14.1 Å². The third-order valence-corrected chi connectivity index (χ3v) is 11.1. The van der Waals surface area contributed by atoms with Crippen molar-refractivity contribution in [2.45, 2.75) is 116 Å². The van der Waals surface area contributed by atoms with Crippen LogP contribution in [0.15, 0.2) is 36.4 Å². The molecule has 1 aromatic carbocycles. The Morgan fingerprint density at radius 2 is 1.53 bits per heavy atom. The monoisotopic (exact) mass is 460 g/mol. The first kappa shape index (κ1) is 28.6. The van der Waals surface area contributed by atoms with Crippen LogP contribution in [0.4, 0.5) is 0 Å². The molecule has 1 aromatic rings.